The van der Waals surface area contributed by atoms with Gasteiger partial charge in [-0.15, -0.1) is 0 Å². The Morgan fingerprint density at radius 1 is 1.07 bits per heavy atom. The van der Waals surface area contributed by atoms with Gasteiger partial charge in [-0.05, 0) is 33.4 Å². The van der Waals surface area contributed by atoms with Crippen molar-refractivity contribution in [3.63, 3.8) is 0 Å². The first-order valence-corrected chi connectivity index (χ1v) is 7.29. The van der Waals surface area contributed by atoms with Gasteiger partial charge in [-0.2, -0.15) is 11.8 Å². The normalized spacial score (nSPS) is 12.0. The summed E-state index contributed by atoms with van der Waals surface area (Å²) < 4.78 is 0. The molecule has 0 radical (unpaired) electrons. The lowest BCUT2D eigenvalue weighted by Gasteiger charge is -2.30. The first-order valence-electron chi connectivity index (χ1n) is 6.13. The lowest BCUT2D eigenvalue weighted by Crippen LogP contribution is -2.41. The standard InChI is InChI=1S/C12H28N2S/c1-6-15-10-8-13-7-9-14(11(2)3)12(4)5/h11-13H,6-10H2,1-5H3. The van der Waals surface area contributed by atoms with E-state index in [0.29, 0.717) is 12.1 Å². The first-order chi connectivity index (χ1) is 7.09. The van der Waals surface area contributed by atoms with E-state index in [1.165, 1.54) is 11.5 Å². The van der Waals surface area contributed by atoms with Gasteiger partial charge in [-0.3, -0.25) is 4.90 Å². The van der Waals surface area contributed by atoms with E-state index in [0.717, 1.165) is 19.6 Å². The minimum Gasteiger partial charge on any atom is -0.315 e. The van der Waals surface area contributed by atoms with E-state index in [-0.39, 0.29) is 0 Å². The van der Waals surface area contributed by atoms with E-state index < -0.39 is 0 Å². The molecular weight excluding hydrogens is 204 g/mol. The maximum atomic E-state index is 3.50. The quantitative estimate of drug-likeness (QED) is 0.615. The smallest absolute Gasteiger partial charge is 0.0112 e. The molecule has 0 aliphatic carbocycles. The average Bonchev–Trinajstić information content (AvgIpc) is 2.15. The number of hydrogen-bond acceptors (Lipinski definition) is 3. The molecular formula is C12H28N2S. The van der Waals surface area contributed by atoms with Gasteiger partial charge >= 0.3 is 0 Å². The van der Waals surface area contributed by atoms with Gasteiger partial charge in [0.05, 0.1) is 0 Å². The van der Waals surface area contributed by atoms with Crippen LogP contribution in [0.4, 0.5) is 0 Å². The molecule has 0 aromatic heterocycles. The van der Waals surface area contributed by atoms with Crippen LogP contribution in [0.25, 0.3) is 0 Å². The predicted octanol–water partition coefficient (Wildman–Crippen LogP) is 2.45. The van der Waals surface area contributed by atoms with Crippen LogP contribution in [0.5, 0.6) is 0 Å². The molecule has 1 N–H and O–H groups in total. The van der Waals surface area contributed by atoms with Crippen molar-refractivity contribution >= 4 is 11.8 Å². The summed E-state index contributed by atoms with van der Waals surface area (Å²) in [7, 11) is 0. The Labute approximate surface area is 100 Å². The molecule has 0 unspecified atom stereocenters. The maximum Gasteiger partial charge on any atom is 0.0112 e. The van der Waals surface area contributed by atoms with Crippen molar-refractivity contribution in [1.82, 2.24) is 10.2 Å². The maximum absolute atomic E-state index is 3.50. The van der Waals surface area contributed by atoms with E-state index in [9.17, 15) is 0 Å². The molecule has 0 aliphatic rings. The minimum atomic E-state index is 0.650. The summed E-state index contributed by atoms with van der Waals surface area (Å²) in [6.45, 7) is 14.7. The fourth-order valence-electron chi connectivity index (χ4n) is 1.73. The van der Waals surface area contributed by atoms with E-state index in [1.807, 2.05) is 11.8 Å². The molecule has 0 aromatic carbocycles. The van der Waals surface area contributed by atoms with Crippen LogP contribution in [0.1, 0.15) is 34.6 Å². The molecule has 0 saturated heterocycles. The van der Waals surface area contributed by atoms with Gasteiger partial charge < -0.3 is 5.32 Å². The first kappa shape index (κ1) is 15.3. The number of rotatable bonds is 9. The van der Waals surface area contributed by atoms with Crippen molar-refractivity contribution in [1.29, 1.82) is 0 Å². The Morgan fingerprint density at radius 2 is 1.67 bits per heavy atom. The minimum absolute atomic E-state index is 0.650. The molecule has 0 saturated carbocycles. The van der Waals surface area contributed by atoms with Gasteiger partial charge in [0.25, 0.3) is 0 Å². The Balaban J connectivity index is 3.46. The van der Waals surface area contributed by atoms with E-state index in [4.69, 9.17) is 0 Å². The van der Waals surface area contributed by atoms with Crippen LogP contribution in [0.15, 0.2) is 0 Å². The second kappa shape index (κ2) is 9.49. The highest BCUT2D eigenvalue weighted by Gasteiger charge is 2.11. The summed E-state index contributed by atoms with van der Waals surface area (Å²) in [5, 5.41) is 3.50. The molecule has 0 spiro atoms. The van der Waals surface area contributed by atoms with Crippen LogP contribution in [0.2, 0.25) is 0 Å². The highest BCUT2D eigenvalue weighted by molar-refractivity contribution is 7.99. The number of hydrogen-bond donors (Lipinski definition) is 1. The third kappa shape index (κ3) is 8.12. The van der Waals surface area contributed by atoms with Gasteiger partial charge in [0.2, 0.25) is 0 Å². The fraction of sp³-hybridized carbons (Fsp3) is 1.00. The Morgan fingerprint density at radius 3 is 2.13 bits per heavy atom. The van der Waals surface area contributed by atoms with Gasteiger partial charge in [0.15, 0.2) is 0 Å². The third-order valence-electron chi connectivity index (χ3n) is 2.50. The Kier molecular flexibility index (Phi) is 9.66. The molecule has 92 valence electrons. The Bertz CT molecular complexity index is 130. The van der Waals surface area contributed by atoms with Gasteiger partial charge in [0, 0.05) is 37.5 Å². The summed E-state index contributed by atoms with van der Waals surface area (Å²) in [5.74, 6) is 2.46. The predicted molar refractivity (Wildman–Crippen MR) is 72.8 cm³/mol. The zero-order valence-electron chi connectivity index (χ0n) is 11.0. The highest BCUT2D eigenvalue weighted by Crippen LogP contribution is 2.03. The van der Waals surface area contributed by atoms with Crippen LogP contribution in [0, 0.1) is 0 Å². The SMILES string of the molecule is CCSCCNCCN(C(C)C)C(C)C. The molecule has 0 bridgehead atoms. The summed E-state index contributed by atoms with van der Waals surface area (Å²) in [6, 6.07) is 1.30. The van der Waals surface area contributed by atoms with Crippen molar-refractivity contribution in [2.24, 2.45) is 0 Å². The Hall–Kier alpha value is 0.270. The lowest BCUT2D eigenvalue weighted by atomic mass is 10.2. The number of thioether (sulfide) groups is 1. The zero-order valence-corrected chi connectivity index (χ0v) is 11.9. The molecule has 2 nitrogen and oxygen atoms in total. The van der Waals surface area contributed by atoms with E-state index in [2.05, 4.69) is 44.8 Å². The molecule has 0 rings (SSSR count). The third-order valence-corrected chi connectivity index (χ3v) is 3.40. The van der Waals surface area contributed by atoms with Crippen LogP contribution in [-0.4, -0.2) is 48.1 Å². The van der Waals surface area contributed by atoms with Crippen molar-refractivity contribution < 1.29 is 0 Å². The summed E-state index contributed by atoms with van der Waals surface area (Å²) >= 11 is 2.00. The van der Waals surface area contributed by atoms with Crippen LogP contribution < -0.4 is 5.32 Å². The monoisotopic (exact) mass is 232 g/mol. The molecule has 0 heterocycles. The summed E-state index contributed by atoms with van der Waals surface area (Å²) in [4.78, 5) is 2.53. The molecule has 0 fully saturated rings. The fourth-order valence-corrected chi connectivity index (χ4v) is 2.31. The molecule has 3 heteroatoms. The molecule has 0 aromatic rings. The molecule has 0 aliphatic heterocycles. The topological polar surface area (TPSA) is 15.3 Å². The van der Waals surface area contributed by atoms with Gasteiger partial charge in [0.1, 0.15) is 0 Å². The number of nitrogens with zero attached hydrogens (tertiary/aromatic N) is 1. The van der Waals surface area contributed by atoms with Crippen molar-refractivity contribution in [2.45, 2.75) is 46.7 Å². The van der Waals surface area contributed by atoms with E-state index >= 15 is 0 Å². The van der Waals surface area contributed by atoms with Crippen molar-refractivity contribution in [3.8, 4) is 0 Å². The van der Waals surface area contributed by atoms with E-state index in [1.54, 1.807) is 0 Å². The summed E-state index contributed by atoms with van der Waals surface area (Å²) in [6.07, 6.45) is 0. The van der Waals surface area contributed by atoms with Gasteiger partial charge in [-0.25, -0.2) is 0 Å². The van der Waals surface area contributed by atoms with Crippen LogP contribution in [-0.2, 0) is 0 Å². The zero-order chi connectivity index (χ0) is 11.7. The largest absolute Gasteiger partial charge is 0.315 e. The second-order valence-corrected chi connectivity index (χ2v) is 5.77. The second-order valence-electron chi connectivity index (χ2n) is 4.37. The van der Waals surface area contributed by atoms with Gasteiger partial charge in [-0.1, -0.05) is 6.92 Å². The van der Waals surface area contributed by atoms with Crippen molar-refractivity contribution in [2.75, 3.05) is 31.1 Å². The molecule has 0 amide bonds. The lowest BCUT2D eigenvalue weighted by molar-refractivity contribution is 0.176. The van der Waals surface area contributed by atoms with Crippen molar-refractivity contribution in [3.05, 3.63) is 0 Å². The molecule has 0 atom stereocenters. The average molecular weight is 232 g/mol. The molecule has 15 heavy (non-hydrogen) atoms. The highest BCUT2D eigenvalue weighted by atomic mass is 32.2. The van der Waals surface area contributed by atoms with Crippen LogP contribution >= 0.6 is 11.8 Å². The van der Waals surface area contributed by atoms with Crippen LogP contribution in [0.3, 0.4) is 0 Å². The summed E-state index contributed by atoms with van der Waals surface area (Å²) in [5.41, 5.74) is 0. The number of nitrogens with one attached hydrogen (secondary N) is 1.